The highest BCUT2D eigenvalue weighted by molar-refractivity contribution is 7.17. The van der Waals surface area contributed by atoms with Crippen LogP contribution in [0.15, 0.2) is 54.7 Å². The monoisotopic (exact) mass is 296 g/mol. The zero-order valence-electron chi connectivity index (χ0n) is 10.8. The first kappa shape index (κ1) is 12.2. The summed E-state index contributed by atoms with van der Waals surface area (Å²) in [6, 6.07) is 6.45. The Morgan fingerprint density at radius 1 is 1.10 bits per heavy atom. The van der Waals surface area contributed by atoms with E-state index in [0.29, 0.717) is 0 Å². The molecule has 4 nitrogen and oxygen atoms in total. The van der Waals surface area contributed by atoms with E-state index in [-0.39, 0.29) is 5.82 Å². The molecule has 3 aromatic heterocycles. The van der Waals surface area contributed by atoms with E-state index in [4.69, 9.17) is 0 Å². The summed E-state index contributed by atoms with van der Waals surface area (Å²) in [5, 5.41) is 2.97. The van der Waals surface area contributed by atoms with Crippen molar-refractivity contribution in [3.8, 4) is 16.9 Å². The Morgan fingerprint density at radius 2 is 1.95 bits per heavy atom. The Morgan fingerprint density at radius 3 is 2.71 bits per heavy atom. The second-order valence-electron chi connectivity index (χ2n) is 4.50. The van der Waals surface area contributed by atoms with Gasteiger partial charge in [0.1, 0.15) is 23.3 Å². The molecule has 0 aliphatic rings. The summed E-state index contributed by atoms with van der Waals surface area (Å²) < 4.78 is 15.0. The summed E-state index contributed by atoms with van der Waals surface area (Å²) >= 11 is 1.55. The van der Waals surface area contributed by atoms with Crippen molar-refractivity contribution in [2.24, 2.45) is 0 Å². The highest BCUT2D eigenvalue weighted by Gasteiger charge is 2.14. The van der Waals surface area contributed by atoms with Crippen LogP contribution in [0.1, 0.15) is 0 Å². The molecule has 0 bridgehead atoms. The molecule has 21 heavy (non-hydrogen) atoms. The molecule has 0 saturated heterocycles. The van der Waals surface area contributed by atoms with Crippen molar-refractivity contribution in [3.05, 3.63) is 60.5 Å². The molecule has 4 aromatic rings. The number of benzene rings is 1. The van der Waals surface area contributed by atoms with Crippen LogP contribution in [0.25, 0.3) is 27.2 Å². The fourth-order valence-electron chi connectivity index (χ4n) is 2.28. The SMILES string of the molecule is Fc1ccc(-c2csc3ncnc(-n4ccnc4)c23)cc1. The van der Waals surface area contributed by atoms with Crippen LogP contribution >= 0.6 is 11.3 Å². The summed E-state index contributed by atoms with van der Waals surface area (Å²) in [5.74, 6) is 0.530. The van der Waals surface area contributed by atoms with Crippen LogP contribution in [0.4, 0.5) is 4.39 Å². The molecule has 0 radical (unpaired) electrons. The number of thiophene rings is 1. The van der Waals surface area contributed by atoms with Gasteiger partial charge in [0.2, 0.25) is 0 Å². The number of hydrogen-bond donors (Lipinski definition) is 0. The van der Waals surface area contributed by atoms with Crippen molar-refractivity contribution < 1.29 is 4.39 Å². The third kappa shape index (κ3) is 2.00. The van der Waals surface area contributed by atoms with E-state index in [2.05, 4.69) is 15.0 Å². The van der Waals surface area contributed by atoms with Crippen LogP contribution < -0.4 is 0 Å². The molecule has 6 heteroatoms. The number of nitrogens with zero attached hydrogens (tertiary/aromatic N) is 4. The van der Waals surface area contributed by atoms with E-state index in [0.717, 1.165) is 27.2 Å². The van der Waals surface area contributed by atoms with Gasteiger partial charge >= 0.3 is 0 Å². The average molecular weight is 296 g/mol. The lowest BCUT2D eigenvalue weighted by atomic mass is 10.1. The molecule has 0 aliphatic carbocycles. The van der Waals surface area contributed by atoms with E-state index in [1.807, 2.05) is 16.1 Å². The summed E-state index contributed by atoms with van der Waals surface area (Å²) in [6.07, 6.45) is 6.79. The van der Waals surface area contributed by atoms with Crippen molar-refractivity contribution >= 4 is 21.6 Å². The van der Waals surface area contributed by atoms with Gasteiger partial charge in [0.25, 0.3) is 0 Å². The van der Waals surface area contributed by atoms with Crippen molar-refractivity contribution in [2.75, 3.05) is 0 Å². The first-order chi connectivity index (χ1) is 10.3. The van der Waals surface area contributed by atoms with Gasteiger partial charge in [-0.1, -0.05) is 12.1 Å². The molecule has 0 atom stereocenters. The van der Waals surface area contributed by atoms with Gasteiger partial charge in [-0.3, -0.25) is 4.57 Å². The van der Waals surface area contributed by atoms with Gasteiger partial charge < -0.3 is 0 Å². The fraction of sp³-hybridized carbons (Fsp3) is 0. The summed E-state index contributed by atoms with van der Waals surface area (Å²) in [4.78, 5) is 13.6. The molecule has 0 fully saturated rings. The maximum atomic E-state index is 13.1. The number of aromatic nitrogens is 4. The van der Waals surface area contributed by atoms with Crippen LogP contribution in [0.3, 0.4) is 0 Å². The average Bonchev–Trinajstić information content (AvgIpc) is 3.17. The lowest BCUT2D eigenvalue weighted by Gasteiger charge is -2.05. The van der Waals surface area contributed by atoms with Crippen LogP contribution in [0.2, 0.25) is 0 Å². The van der Waals surface area contributed by atoms with E-state index in [9.17, 15) is 4.39 Å². The van der Waals surface area contributed by atoms with Crippen molar-refractivity contribution in [3.63, 3.8) is 0 Å². The summed E-state index contributed by atoms with van der Waals surface area (Å²) in [5.41, 5.74) is 1.94. The highest BCUT2D eigenvalue weighted by atomic mass is 32.1. The maximum absolute atomic E-state index is 13.1. The van der Waals surface area contributed by atoms with E-state index in [1.165, 1.54) is 12.1 Å². The van der Waals surface area contributed by atoms with Gasteiger partial charge in [-0.05, 0) is 17.7 Å². The second kappa shape index (κ2) is 4.75. The molecule has 0 aliphatic heterocycles. The molecule has 1 aromatic carbocycles. The van der Waals surface area contributed by atoms with Crippen LogP contribution in [0.5, 0.6) is 0 Å². The van der Waals surface area contributed by atoms with Gasteiger partial charge in [0.05, 0.1) is 5.39 Å². The number of fused-ring (bicyclic) bond motifs is 1. The highest BCUT2D eigenvalue weighted by Crippen LogP contribution is 2.35. The smallest absolute Gasteiger partial charge is 0.150 e. The Bertz CT molecular complexity index is 897. The van der Waals surface area contributed by atoms with Crippen molar-refractivity contribution in [2.45, 2.75) is 0 Å². The number of imidazole rings is 1. The Hall–Kier alpha value is -2.60. The molecule has 0 N–H and O–H groups in total. The van der Waals surface area contributed by atoms with Crippen LogP contribution in [-0.2, 0) is 0 Å². The standard InChI is InChI=1S/C15H9FN4S/c16-11-3-1-10(2-4-11)12-7-21-15-13(12)14(18-8-19-15)20-6-5-17-9-20/h1-9H. The lowest BCUT2D eigenvalue weighted by molar-refractivity contribution is 0.628. The predicted molar refractivity (Wildman–Crippen MR) is 79.9 cm³/mol. The quantitative estimate of drug-likeness (QED) is 0.566. The fourth-order valence-corrected chi connectivity index (χ4v) is 3.19. The van der Waals surface area contributed by atoms with E-state index >= 15 is 0 Å². The zero-order chi connectivity index (χ0) is 14.2. The van der Waals surface area contributed by atoms with Gasteiger partial charge in [-0.25, -0.2) is 19.3 Å². The summed E-state index contributed by atoms with van der Waals surface area (Å²) in [7, 11) is 0. The zero-order valence-corrected chi connectivity index (χ0v) is 11.6. The largest absolute Gasteiger partial charge is 0.290 e. The molecule has 0 unspecified atom stereocenters. The minimum absolute atomic E-state index is 0.246. The van der Waals surface area contributed by atoms with Gasteiger partial charge in [-0.15, -0.1) is 11.3 Å². The lowest BCUT2D eigenvalue weighted by Crippen LogP contribution is -1.96. The maximum Gasteiger partial charge on any atom is 0.150 e. The molecule has 0 saturated carbocycles. The minimum Gasteiger partial charge on any atom is -0.290 e. The molecule has 102 valence electrons. The van der Waals surface area contributed by atoms with Crippen LogP contribution in [0, 0.1) is 5.82 Å². The van der Waals surface area contributed by atoms with Gasteiger partial charge in [0.15, 0.2) is 5.82 Å². The van der Waals surface area contributed by atoms with Crippen molar-refractivity contribution in [1.29, 1.82) is 0 Å². The predicted octanol–water partition coefficient (Wildman–Crippen LogP) is 3.68. The summed E-state index contributed by atoms with van der Waals surface area (Å²) in [6.45, 7) is 0. The Labute approximate surface area is 123 Å². The molecular weight excluding hydrogens is 287 g/mol. The van der Waals surface area contributed by atoms with Crippen molar-refractivity contribution in [1.82, 2.24) is 19.5 Å². The molecule has 0 spiro atoms. The molecule has 3 heterocycles. The van der Waals surface area contributed by atoms with Crippen LogP contribution in [-0.4, -0.2) is 19.5 Å². The Kier molecular flexibility index (Phi) is 2.75. The third-order valence-corrected chi connectivity index (χ3v) is 4.14. The van der Waals surface area contributed by atoms with Gasteiger partial charge in [-0.2, -0.15) is 0 Å². The number of halogens is 1. The van der Waals surface area contributed by atoms with E-state index < -0.39 is 0 Å². The van der Waals surface area contributed by atoms with E-state index in [1.54, 1.807) is 42.3 Å². The Balaban J connectivity index is 2.00. The molecular formula is C15H9FN4S. The minimum atomic E-state index is -0.246. The normalized spacial score (nSPS) is 11.1. The number of hydrogen-bond acceptors (Lipinski definition) is 4. The topological polar surface area (TPSA) is 43.6 Å². The third-order valence-electron chi connectivity index (χ3n) is 3.25. The molecule has 0 amide bonds. The first-order valence-corrected chi connectivity index (χ1v) is 7.17. The molecule has 4 rings (SSSR count). The second-order valence-corrected chi connectivity index (χ2v) is 5.36. The number of rotatable bonds is 2. The first-order valence-electron chi connectivity index (χ1n) is 6.29. The van der Waals surface area contributed by atoms with Gasteiger partial charge in [0, 0.05) is 23.3 Å².